The van der Waals surface area contributed by atoms with Gasteiger partial charge in [-0.15, -0.1) is 0 Å². The largest absolute Gasteiger partial charge is 0.444 e. The summed E-state index contributed by atoms with van der Waals surface area (Å²) in [6.07, 6.45) is 3.52. The van der Waals surface area contributed by atoms with E-state index in [1.54, 1.807) is 11.2 Å². The van der Waals surface area contributed by atoms with Crippen LogP contribution in [0.15, 0.2) is 36.8 Å². The fourth-order valence-corrected chi connectivity index (χ4v) is 5.15. The van der Waals surface area contributed by atoms with Crippen LogP contribution in [0, 0.1) is 6.92 Å². The summed E-state index contributed by atoms with van der Waals surface area (Å²) in [6, 6.07) is 7.49. The molecule has 9 nitrogen and oxygen atoms in total. The van der Waals surface area contributed by atoms with Crippen molar-refractivity contribution in [3.8, 4) is 0 Å². The number of aliphatic hydroxyl groups excluding tert-OH is 1. The van der Waals surface area contributed by atoms with Gasteiger partial charge in [-0.2, -0.15) is 0 Å². The molecule has 2 N–H and O–H groups in total. The average molecular weight is 545 g/mol. The molecule has 206 valence electrons. The highest BCUT2D eigenvalue weighted by molar-refractivity contribution is 6.30. The molecule has 2 aromatic heterocycles. The molecule has 10 heteroatoms. The smallest absolute Gasteiger partial charge is 0.410 e. The van der Waals surface area contributed by atoms with Crippen molar-refractivity contribution in [3.63, 3.8) is 0 Å². The summed E-state index contributed by atoms with van der Waals surface area (Å²) in [5, 5.41) is 11.5. The van der Waals surface area contributed by atoms with E-state index in [9.17, 15) is 9.90 Å². The molecule has 2 aliphatic rings. The summed E-state index contributed by atoms with van der Waals surface area (Å²) in [7, 11) is 0. The lowest BCUT2D eigenvalue weighted by molar-refractivity contribution is -0.150. The Morgan fingerprint density at radius 1 is 1.24 bits per heavy atom. The number of halogens is 1. The Morgan fingerprint density at radius 3 is 2.66 bits per heavy atom. The van der Waals surface area contributed by atoms with Crippen molar-refractivity contribution in [1.29, 1.82) is 0 Å². The number of rotatable bonds is 3. The first-order valence-corrected chi connectivity index (χ1v) is 13.2. The second kappa shape index (κ2) is 11.2. The number of fused-ring (bicyclic) bond motifs is 2. The van der Waals surface area contributed by atoms with E-state index >= 15 is 0 Å². The van der Waals surface area contributed by atoms with Crippen LogP contribution in [0.25, 0.3) is 11.0 Å². The summed E-state index contributed by atoms with van der Waals surface area (Å²) in [5.74, 6) is -0.772. The molecule has 1 fully saturated rings. The fraction of sp³-hybridized carbons (Fsp3) is 0.536. The normalized spacial score (nSPS) is 22.5. The summed E-state index contributed by atoms with van der Waals surface area (Å²) in [5.41, 5.74) is 3.51. The number of aromatic nitrogens is 3. The number of ether oxygens (including phenoxy) is 3. The van der Waals surface area contributed by atoms with E-state index in [0.29, 0.717) is 24.4 Å². The van der Waals surface area contributed by atoms with Gasteiger partial charge in [0.1, 0.15) is 23.7 Å². The minimum atomic E-state index is -0.772. The molecule has 4 heterocycles. The van der Waals surface area contributed by atoms with E-state index in [2.05, 4.69) is 15.0 Å². The Labute approximate surface area is 228 Å². The van der Waals surface area contributed by atoms with E-state index in [1.165, 1.54) is 0 Å². The van der Waals surface area contributed by atoms with Crippen molar-refractivity contribution in [3.05, 3.63) is 58.6 Å². The van der Waals surface area contributed by atoms with Crippen LogP contribution in [0.1, 0.15) is 63.9 Å². The van der Waals surface area contributed by atoms with Gasteiger partial charge < -0.3 is 29.2 Å². The molecule has 2 aliphatic heterocycles. The average Bonchev–Trinajstić information content (AvgIpc) is 3.42. The van der Waals surface area contributed by atoms with Gasteiger partial charge in [0.2, 0.25) is 0 Å². The van der Waals surface area contributed by atoms with Gasteiger partial charge in [-0.1, -0.05) is 17.7 Å². The first-order chi connectivity index (χ1) is 17.9. The van der Waals surface area contributed by atoms with Crippen LogP contribution < -0.4 is 0 Å². The van der Waals surface area contributed by atoms with Gasteiger partial charge in [0.25, 0.3) is 0 Å². The van der Waals surface area contributed by atoms with E-state index in [0.717, 1.165) is 27.9 Å². The molecule has 5 rings (SSSR count). The standard InChI is InChI=1S/C21H30ClNO5.C7H7N3/c1-20(2,3)28-19(25)23-9-8-13-10-14(22)6-7-15(13)16(23)11-17-18(12-24)27-21(4,5)26-17;1-5-6-2-3-8-7(6)10-4-9-5/h6-7,10,16-18,24H,8-9,11-12H2,1-5H3;2-4H,1H3,(H,8,9,10). The molecular weight excluding hydrogens is 508 g/mol. The molecule has 3 atom stereocenters. The number of hydrogen-bond donors (Lipinski definition) is 2. The van der Waals surface area contributed by atoms with Crippen LogP contribution in [0.5, 0.6) is 0 Å². The van der Waals surface area contributed by atoms with Gasteiger partial charge >= 0.3 is 6.09 Å². The number of aliphatic hydroxyl groups is 1. The van der Waals surface area contributed by atoms with Gasteiger partial charge in [-0.25, -0.2) is 14.8 Å². The number of carbonyl (C=O) groups is 1. The zero-order valence-corrected chi connectivity index (χ0v) is 23.6. The Kier molecular flexibility index (Phi) is 8.32. The predicted molar refractivity (Wildman–Crippen MR) is 145 cm³/mol. The first kappa shape index (κ1) is 28.3. The lowest BCUT2D eigenvalue weighted by Crippen LogP contribution is -2.45. The molecule has 3 aromatic rings. The summed E-state index contributed by atoms with van der Waals surface area (Å²) >= 11 is 6.18. The zero-order valence-electron chi connectivity index (χ0n) is 22.8. The van der Waals surface area contributed by atoms with E-state index in [-0.39, 0.29) is 24.8 Å². The molecule has 3 unspecified atom stereocenters. The van der Waals surface area contributed by atoms with Crippen molar-refractivity contribution in [2.75, 3.05) is 13.2 Å². The predicted octanol–water partition coefficient (Wildman–Crippen LogP) is 5.34. The van der Waals surface area contributed by atoms with Gasteiger partial charge in [0, 0.05) is 29.6 Å². The lowest BCUT2D eigenvalue weighted by Gasteiger charge is -2.39. The highest BCUT2D eigenvalue weighted by atomic mass is 35.5. The van der Waals surface area contributed by atoms with Crippen molar-refractivity contribution < 1.29 is 24.1 Å². The van der Waals surface area contributed by atoms with E-state index in [1.807, 2.05) is 72.0 Å². The van der Waals surface area contributed by atoms with Crippen LogP contribution in [0.2, 0.25) is 5.02 Å². The van der Waals surface area contributed by atoms with Crippen LogP contribution in [-0.2, 0) is 20.6 Å². The summed E-state index contributed by atoms with van der Waals surface area (Å²) in [4.78, 5) is 25.8. The third kappa shape index (κ3) is 6.64. The number of aromatic amines is 1. The van der Waals surface area contributed by atoms with Crippen LogP contribution in [0.4, 0.5) is 4.79 Å². The molecule has 1 amide bonds. The second-order valence-corrected chi connectivity index (χ2v) is 11.5. The third-order valence-corrected chi connectivity index (χ3v) is 6.80. The summed E-state index contributed by atoms with van der Waals surface area (Å²) in [6.45, 7) is 11.6. The Bertz CT molecular complexity index is 1270. The molecule has 38 heavy (non-hydrogen) atoms. The molecule has 0 bridgehead atoms. The van der Waals surface area contributed by atoms with E-state index < -0.39 is 17.5 Å². The molecule has 1 aromatic carbocycles. The van der Waals surface area contributed by atoms with Gasteiger partial charge in [0.05, 0.1) is 24.4 Å². The SMILES string of the molecule is CC(C)(C)OC(=O)N1CCc2cc(Cl)ccc2C1CC1OC(C)(C)OC1CO.Cc1ncnc2[nH]ccc12. The quantitative estimate of drug-likeness (QED) is 0.457. The molecule has 0 radical (unpaired) electrons. The number of aryl methyl sites for hydroxylation is 1. The van der Waals surface area contributed by atoms with Crippen molar-refractivity contribution in [2.45, 2.75) is 84.0 Å². The number of benzene rings is 1. The minimum absolute atomic E-state index is 0.138. The number of hydrogen-bond acceptors (Lipinski definition) is 7. The number of H-pyrrole nitrogens is 1. The maximum Gasteiger partial charge on any atom is 0.410 e. The highest BCUT2D eigenvalue weighted by Gasteiger charge is 2.44. The number of nitrogens with zero attached hydrogens (tertiary/aromatic N) is 3. The summed E-state index contributed by atoms with van der Waals surface area (Å²) < 4.78 is 17.5. The topological polar surface area (TPSA) is 110 Å². The Morgan fingerprint density at radius 2 is 1.97 bits per heavy atom. The number of nitrogens with one attached hydrogen (secondary N) is 1. The molecular formula is C28H37ClN4O5. The molecule has 0 spiro atoms. The van der Waals surface area contributed by atoms with Crippen LogP contribution in [0.3, 0.4) is 0 Å². The fourth-order valence-electron chi connectivity index (χ4n) is 4.96. The van der Waals surface area contributed by atoms with E-state index in [4.69, 9.17) is 25.8 Å². The molecule has 0 aliphatic carbocycles. The molecule has 1 saturated heterocycles. The Balaban J connectivity index is 0.000000278. The van der Waals surface area contributed by atoms with Crippen molar-refractivity contribution >= 4 is 28.7 Å². The number of amides is 1. The van der Waals surface area contributed by atoms with Crippen LogP contribution >= 0.6 is 11.6 Å². The van der Waals surface area contributed by atoms with Gasteiger partial charge in [0.15, 0.2) is 5.79 Å². The Hall–Kier alpha value is -2.72. The van der Waals surface area contributed by atoms with Gasteiger partial charge in [-0.05, 0) is 77.3 Å². The van der Waals surface area contributed by atoms with Crippen molar-refractivity contribution in [1.82, 2.24) is 19.9 Å². The second-order valence-electron chi connectivity index (χ2n) is 11.1. The first-order valence-electron chi connectivity index (χ1n) is 12.9. The molecule has 0 saturated carbocycles. The lowest BCUT2D eigenvalue weighted by atomic mass is 9.88. The minimum Gasteiger partial charge on any atom is -0.444 e. The highest BCUT2D eigenvalue weighted by Crippen LogP contribution is 2.40. The van der Waals surface area contributed by atoms with Gasteiger partial charge in [-0.3, -0.25) is 0 Å². The van der Waals surface area contributed by atoms with Crippen molar-refractivity contribution in [2.24, 2.45) is 0 Å². The zero-order chi connectivity index (χ0) is 27.7. The monoisotopic (exact) mass is 544 g/mol. The van der Waals surface area contributed by atoms with Crippen LogP contribution in [-0.4, -0.2) is 67.8 Å². The third-order valence-electron chi connectivity index (χ3n) is 6.56. The maximum atomic E-state index is 12.9. The maximum absolute atomic E-state index is 12.9. The number of carbonyl (C=O) groups excluding carboxylic acids is 1.